The monoisotopic (exact) mass is 403 g/mol. The van der Waals surface area contributed by atoms with Crippen LogP contribution in [0.3, 0.4) is 0 Å². The molecule has 1 fully saturated rings. The molecule has 24 heavy (non-hydrogen) atoms. The second-order valence-corrected chi connectivity index (χ2v) is 7.80. The maximum atomic E-state index is 5.49. The molecule has 1 aliphatic carbocycles. The molecule has 1 aliphatic rings. The maximum absolute atomic E-state index is 5.49. The standard InChI is InChI=1S/C19H22BrN3S/c1-14-11-16(20)12-21-17(14)23-18(24)22-13-19(9-5-6-10-19)15-7-3-2-4-8-15/h2-4,7-8,11-12H,5-6,9-10,13H2,1H3,(H2,21,22,23,24). The molecule has 126 valence electrons. The first kappa shape index (κ1) is 17.4. The van der Waals surface area contributed by atoms with E-state index < -0.39 is 0 Å². The first-order valence-corrected chi connectivity index (χ1v) is 9.52. The van der Waals surface area contributed by atoms with Gasteiger partial charge in [-0.15, -0.1) is 0 Å². The van der Waals surface area contributed by atoms with E-state index in [4.69, 9.17) is 12.2 Å². The predicted molar refractivity (Wildman–Crippen MR) is 107 cm³/mol. The van der Waals surface area contributed by atoms with Crippen molar-refractivity contribution in [3.63, 3.8) is 0 Å². The van der Waals surface area contributed by atoms with Crippen molar-refractivity contribution in [3.05, 3.63) is 58.2 Å². The number of nitrogens with one attached hydrogen (secondary N) is 2. The van der Waals surface area contributed by atoms with Crippen molar-refractivity contribution in [2.45, 2.75) is 38.0 Å². The van der Waals surface area contributed by atoms with Gasteiger partial charge < -0.3 is 10.6 Å². The maximum Gasteiger partial charge on any atom is 0.171 e. The summed E-state index contributed by atoms with van der Waals surface area (Å²) in [7, 11) is 0. The highest BCUT2D eigenvalue weighted by Gasteiger charge is 2.35. The fraction of sp³-hybridized carbons (Fsp3) is 0.368. The number of nitrogens with zero attached hydrogens (tertiary/aromatic N) is 1. The molecule has 3 rings (SSSR count). The predicted octanol–water partition coefficient (Wildman–Crippen LogP) is 4.95. The molecule has 0 saturated heterocycles. The van der Waals surface area contributed by atoms with Crippen LogP contribution in [-0.2, 0) is 5.41 Å². The number of aromatic nitrogens is 1. The quantitative estimate of drug-likeness (QED) is 0.707. The van der Waals surface area contributed by atoms with Crippen molar-refractivity contribution in [1.29, 1.82) is 0 Å². The average molecular weight is 404 g/mol. The Bertz CT molecular complexity index is 712. The lowest BCUT2D eigenvalue weighted by Gasteiger charge is -2.30. The molecule has 5 heteroatoms. The Morgan fingerprint density at radius 1 is 1.25 bits per heavy atom. The summed E-state index contributed by atoms with van der Waals surface area (Å²) in [5.41, 5.74) is 2.66. The number of hydrogen-bond donors (Lipinski definition) is 2. The van der Waals surface area contributed by atoms with Crippen LogP contribution >= 0.6 is 28.1 Å². The lowest BCUT2D eigenvalue weighted by molar-refractivity contribution is 0.435. The molecule has 2 N–H and O–H groups in total. The van der Waals surface area contributed by atoms with Crippen LogP contribution in [0.25, 0.3) is 0 Å². The van der Waals surface area contributed by atoms with Gasteiger partial charge in [0.1, 0.15) is 5.82 Å². The number of pyridine rings is 1. The normalized spacial score (nSPS) is 15.9. The highest BCUT2D eigenvalue weighted by atomic mass is 79.9. The minimum Gasteiger partial charge on any atom is -0.362 e. The fourth-order valence-electron chi connectivity index (χ4n) is 3.48. The van der Waals surface area contributed by atoms with Crippen LogP contribution in [0.5, 0.6) is 0 Å². The molecule has 0 spiro atoms. The molecule has 3 nitrogen and oxygen atoms in total. The van der Waals surface area contributed by atoms with Gasteiger partial charge in [0.15, 0.2) is 5.11 Å². The van der Waals surface area contributed by atoms with Crippen molar-refractivity contribution in [3.8, 4) is 0 Å². The van der Waals surface area contributed by atoms with Gasteiger partial charge in [0.05, 0.1) is 0 Å². The van der Waals surface area contributed by atoms with Gasteiger partial charge in [-0.3, -0.25) is 0 Å². The summed E-state index contributed by atoms with van der Waals surface area (Å²) in [5, 5.41) is 7.28. The van der Waals surface area contributed by atoms with Crippen molar-refractivity contribution in [2.75, 3.05) is 11.9 Å². The van der Waals surface area contributed by atoms with Gasteiger partial charge in [-0.2, -0.15) is 0 Å². The van der Waals surface area contributed by atoms with Gasteiger partial charge in [-0.25, -0.2) is 4.98 Å². The molecule has 0 aliphatic heterocycles. The summed E-state index contributed by atoms with van der Waals surface area (Å²) in [6.45, 7) is 2.88. The van der Waals surface area contributed by atoms with Crippen molar-refractivity contribution < 1.29 is 0 Å². The Labute approximate surface area is 157 Å². The van der Waals surface area contributed by atoms with Crippen LogP contribution in [0.1, 0.15) is 36.8 Å². The summed E-state index contributed by atoms with van der Waals surface area (Å²) in [4.78, 5) is 4.39. The molecule has 1 aromatic heterocycles. The highest BCUT2D eigenvalue weighted by Crippen LogP contribution is 2.40. The van der Waals surface area contributed by atoms with Crippen LogP contribution in [0.2, 0.25) is 0 Å². The van der Waals surface area contributed by atoms with Crippen molar-refractivity contribution in [2.24, 2.45) is 0 Å². The second kappa shape index (κ2) is 7.62. The van der Waals surface area contributed by atoms with Gasteiger partial charge in [0.2, 0.25) is 0 Å². The van der Waals surface area contributed by atoms with Gasteiger partial charge >= 0.3 is 0 Å². The zero-order valence-corrected chi connectivity index (χ0v) is 16.2. The Morgan fingerprint density at radius 2 is 1.96 bits per heavy atom. The molecule has 0 bridgehead atoms. The van der Waals surface area contributed by atoms with E-state index in [9.17, 15) is 0 Å². The summed E-state index contributed by atoms with van der Waals surface area (Å²) in [5.74, 6) is 0.802. The van der Waals surface area contributed by atoms with Gasteiger partial charge in [-0.1, -0.05) is 43.2 Å². The largest absolute Gasteiger partial charge is 0.362 e. The number of hydrogen-bond acceptors (Lipinski definition) is 2. The molecule has 0 atom stereocenters. The molecule has 0 radical (unpaired) electrons. The van der Waals surface area contributed by atoms with E-state index in [0.717, 1.165) is 22.4 Å². The number of thiocarbonyl (C=S) groups is 1. The van der Waals surface area contributed by atoms with Crippen molar-refractivity contribution in [1.82, 2.24) is 10.3 Å². The minimum absolute atomic E-state index is 0.190. The molecular formula is C19H22BrN3S. The second-order valence-electron chi connectivity index (χ2n) is 6.48. The van der Waals surface area contributed by atoms with Crippen LogP contribution in [0, 0.1) is 6.92 Å². The summed E-state index contributed by atoms with van der Waals surface area (Å²) < 4.78 is 0.971. The number of rotatable bonds is 4. The van der Waals surface area contributed by atoms with Crippen LogP contribution < -0.4 is 10.6 Å². The summed E-state index contributed by atoms with van der Waals surface area (Å²) >= 11 is 8.92. The Hall–Kier alpha value is -1.46. The Kier molecular flexibility index (Phi) is 5.51. The Morgan fingerprint density at radius 3 is 2.62 bits per heavy atom. The SMILES string of the molecule is Cc1cc(Br)cnc1NC(=S)NCC1(c2ccccc2)CCCC1. The first-order valence-electron chi connectivity index (χ1n) is 8.32. The first-order chi connectivity index (χ1) is 11.6. The lowest BCUT2D eigenvalue weighted by Crippen LogP contribution is -2.41. The van der Waals surface area contributed by atoms with E-state index in [1.54, 1.807) is 6.20 Å². The van der Waals surface area contributed by atoms with E-state index >= 15 is 0 Å². The van der Waals surface area contributed by atoms with E-state index in [1.165, 1.54) is 31.2 Å². The molecule has 1 saturated carbocycles. The van der Waals surface area contributed by atoms with Crippen molar-refractivity contribution >= 4 is 39.1 Å². The molecule has 0 amide bonds. The molecular weight excluding hydrogens is 382 g/mol. The topological polar surface area (TPSA) is 37.0 Å². The lowest BCUT2D eigenvalue weighted by atomic mass is 9.79. The zero-order valence-electron chi connectivity index (χ0n) is 13.8. The number of anilines is 1. The van der Waals surface area contributed by atoms with E-state index in [1.807, 2.05) is 13.0 Å². The number of benzene rings is 1. The van der Waals surface area contributed by atoms with Gasteiger partial charge in [0.25, 0.3) is 0 Å². The molecule has 0 unspecified atom stereocenters. The van der Waals surface area contributed by atoms with Gasteiger partial charge in [-0.05, 0) is 65.1 Å². The third-order valence-electron chi connectivity index (χ3n) is 4.81. The number of aryl methyl sites for hydroxylation is 1. The smallest absolute Gasteiger partial charge is 0.171 e. The van der Waals surface area contributed by atoms with Gasteiger partial charge in [0, 0.05) is 22.6 Å². The number of halogens is 1. The van der Waals surface area contributed by atoms with E-state index in [0.29, 0.717) is 5.11 Å². The fourth-order valence-corrected chi connectivity index (χ4v) is 4.10. The van der Waals surface area contributed by atoms with E-state index in [2.05, 4.69) is 61.9 Å². The third kappa shape index (κ3) is 3.95. The molecule has 2 aromatic rings. The molecule has 1 heterocycles. The highest BCUT2D eigenvalue weighted by molar-refractivity contribution is 9.10. The van der Waals surface area contributed by atoms with E-state index in [-0.39, 0.29) is 5.41 Å². The third-order valence-corrected chi connectivity index (χ3v) is 5.49. The molecule has 1 aromatic carbocycles. The Balaban J connectivity index is 1.66. The van der Waals surface area contributed by atoms with Crippen LogP contribution in [-0.4, -0.2) is 16.6 Å². The average Bonchev–Trinajstić information content (AvgIpc) is 3.07. The minimum atomic E-state index is 0.190. The zero-order chi connectivity index (χ0) is 17.0. The summed E-state index contributed by atoms with van der Waals surface area (Å²) in [6, 6.07) is 12.8. The summed E-state index contributed by atoms with van der Waals surface area (Å²) in [6.07, 6.45) is 6.76. The van der Waals surface area contributed by atoms with Crippen LogP contribution in [0.4, 0.5) is 5.82 Å². The van der Waals surface area contributed by atoms with Crippen LogP contribution in [0.15, 0.2) is 47.1 Å².